The molecule has 0 atom stereocenters. The van der Waals surface area contributed by atoms with Crippen LogP contribution in [0.4, 0.5) is 0 Å². The van der Waals surface area contributed by atoms with Gasteiger partial charge in [-0.3, -0.25) is 4.79 Å². The highest BCUT2D eigenvalue weighted by Crippen LogP contribution is 2.36. The van der Waals surface area contributed by atoms with Gasteiger partial charge in [-0.25, -0.2) is 4.98 Å². The molecule has 0 saturated carbocycles. The van der Waals surface area contributed by atoms with Crippen molar-refractivity contribution in [1.82, 2.24) is 4.98 Å². The number of pyridine rings is 1. The summed E-state index contributed by atoms with van der Waals surface area (Å²) in [5.74, 6) is -0.0593. The van der Waals surface area contributed by atoms with Crippen LogP contribution in [0.2, 0.25) is 0 Å². The molecule has 106 valence electrons. The Bertz CT molecular complexity index is 655. The molecule has 0 unspecified atom stereocenters. The Morgan fingerprint density at radius 2 is 2.20 bits per heavy atom. The summed E-state index contributed by atoms with van der Waals surface area (Å²) >= 11 is 1.35. The van der Waals surface area contributed by atoms with Crippen LogP contribution in [-0.2, 0) is 11.2 Å². The van der Waals surface area contributed by atoms with E-state index in [1.54, 1.807) is 7.11 Å². The van der Waals surface area contributed by atoms with Crippen molar-refractivity contribution >= 4 is 28.6 Å². The number of thioether (sulfide) groups is 1. The molecule has 0 aliphatic carbocycles. The Labute approximate surface area is 122 Å². The van der Waals surface area contributed by atoms with Gasteiger partial charge >= 0.3 is 5.97 Å². The van der Waals surface area contributed by atoms with E-state index in [4.69, 9.17) is 9.84 Å². The Morgan fingerprint density at radius 3 is 2.80 bits per heavy atom. The minimum atomic E-state index is -0.817. The largest absolute Gasteiger partial charge is 0.494 e. The molecule has 0 aliphatic rings. The highest BCUT2D eigenvalue weighted by Gasteiger charge is 2.15. The average Bonchev–Trinajstić information content (AvgIpc) is 2.43. The minimum Gasteiger partial charge on any atom is -0.494 e. The number of para-hydroxylation sites is 1. The maximum atomic E-state index is 10.9. The third-order valence-electron chi connectivity index (χ3n) is 3.15. The first-order chi connectivity index (χ1) is 9.58. The van der Waals surface area contributed by atoms with Gasteiger partial charge in [0.2, 0.25) is 0 Å². The van der Waals surface area contributed by atoms with Gasteiger partial charge in [0.15, 0.2) is 0 Å². The van der Waals surface area contributed by atoms with Crippen LogP contribution in [0.25, 0.3) is 10.9 Å². The van der Waals surface area contributed by atoms with Crippen LogP contribution >= 0.6 is 11.8 Å². The lowest BCUT2D eigenvalue weighted by atomic mass is 10.1. The molecule has 1 aromatic heterocycles. The van der Waals surface area contributed by atoms with Gasteiger partial charge in [0.25, 0.3) is 0 Å². The molecule has 0 amide bonds. The second-order valence-corrected chi connectivity index (χ2v) is 5.38. The topological polar surface area (TPSA) is 59.4 Å². The van der Waals surface area contributed by atoms with Crippen LogP contribution in [0.5, 0.6) is 5.75 Å². The molecule has 2 aromatic rings. The summed E-state index contributed by atoms with van der Waals surface area (Å²) in [6.45, 7) is 4.01. The van der Waals surface area contributed by atoms with E-state index in [1.165, 1.54) is 11.8 Å². The lowest BCUT2D eigenvalue weighted by Crippen LogP contribution is -2.02. The normalized spacial score (nSPS) is 10.8. The summed E-state index contributed by atoms with van der Waals surface area (Å²) in [5, 5.41) is 9.88. The van der Waals surface area contributed by atoms with Crippen molar-refractivity contribution in [3.05, 3.63) is 29.5 Å². The number of aliphatic carboxylic acids is 1. The molecule has 0 radical (unpaired) electrons. The van der Waals surface area contributed by atoms with Crippen molar-refractivity contribution in [2.45, 2.75) is 25.2 Å². The number of aryl methyl sites for hydroxylation is 1. The quantitative estimate of drug-likeness (QED) is 0.857. The zero-order chi connectivity index (χ0) is 14.7. The van der Waals surface area contributed by atoms with E-state index in [0.717, 1.165) is 33.5 Å². The van der Waals surface area contributed by atoms with Gasteiger partial charge < -0.3 is 9.84 Å². The van der Waals surface area contributed by atoms with Gasteiger partial charge in [-0.1, -0.05) is 19.1 Å². The molecular formula is C15H17NO3S. The predicted octanol–water partition coefficient (Wildman–Crippen LogP) is 3.29. The molecule has 0 saturated heterocycles. The monoisotopic (exact) mass is 291 g/mol. The number of hydrogen-bond acceptors (Lipinski definition) is 4. The summed E-state index contributed by atoms with van der Waals surface area (Å²) in [4.78, 5) is 16.5. The molecular weight excluding hydrogens is 274 g/mol. The fourth-order valence-corrected chi connectivity index (χ4v) is 3.32. The van der Waals surface area contributed by atoms with E-state index < -0.39 is 5.97 Å². The number of ether oxygens (including phenoxy) is 1. The SMILES string of the molecule is CCc1c(C)nc2c(OC)cccc2c1SCC(=O)O. The molecule has 4 nitrogen and oxygen atoms in total. The molecule has 2 rings (SSSR count). The zero-order valence-corrected chi connectivity index (χ0v) is 12.6. The smallest absolute Gasteiger partial charge is 0.313 e. The maximum absolute atomic E-state index is 10.9. The number of carboxylic acids is 1. The van der Waals surface area contributed by atoms with Gasteiger partial charge in [-0.2, -0.15) is 0 Å². The molecule has 0 spiro atoms. The van der Waals surface area contributed by atoms with Gasteiger partial charge in [0.1, 0.15) is 11.3 Å². The van der Waals surface area contributed by atoms with Crippen LogP contribution in [0.3, 0.4) is 0 Å². The van der Waals surface area contributed by atoms with Gasteiger partial charge in [-0.05, 0) is 25.0 Å². The summed E-state index contributed by atoms with van der Waals surface area (Å²) < 4.78 is 5.35. The first-order valence-corrected chi connectivity index (χ1v) is 7.37. The Balaban J connectivity index is 2.69. The molecule has 0 fully saturated rings. The van der Waals surface area contributed by atoms with Gasteiger partial charge in [-0.15, -0.1) is 11.8 Å². The lowest BCUT2D eigenvalue weighted by molar-refractivity contribution is -0.133. The first-order valence-electron chi connectivity index (χ1n) is 6.39. The van der Waals surface area contributed by atoms with Crippen molar-refractivity contribution in [1.29, 1.82) is 0 Å². The third-order valence-corrected chi connectivity index (χ3v) is 4.29. The summed E-state index contributed by atoms with van der Waals surface area (Å²) in [7, 11) is 1.61. The van der Waals surface area contributed by atoms with Crippen molar-refractivity contribution in [3.8, 4) is 5.75 Å². The van der Waals surface area contributed by atoms with Crippen molar-refractivity contribution < 1.29 is 14.6 Å². The molecule has 5 heteroatoms. The van der Waals surface area contributed by atoms with E-state index in [0.29, 0.717) is 5.75 Å². The van der Waals surface area contributed by atoms with E-state index in [9.17, 15) is 4.79 Å². The number of fused-ring (bicyclic) bond motifs is 1. The minimum absolute atomic E-state index is 0.0444. The first kappa shape index (κ1) is 14.7. The van der Waals surface area contributed by atoms with Crippen molar-refractivity contribution in [2.75, 3.05) is 12.9 Å². The Kier molecular flexibility index (Phi) is 4.49. The van der Waals surface area contributed by atoms with Crippen molar-refractivity contribution in [3.63, 3.8) is 0 Å². The van der Waals surface area contributed by atoms with E-state index in [2.05, 4.69) is 11.9 Å². The van der Waals surface area contributed by atoms with Crippen LogP contribution in [0.1, 0.15) is 18.2 Å². The van der Waals surface area contributed by atoms with Crippen LogP contribution < -0.4 is 4.74 Å². The Morgan fingerprint density at radius 1 is 1.45 bits per heavy atom. The summed E-state index contributed by atoms with van der Waals surface area (Å²) in [6, 6.07) is 5.74. The van der Waals surface area contributed by atoms with E-state index >= 15 is 0 Å². The molecule has 1 heterocycles. The number of aromatic nitrogens is 1. The summed E-state index contributed by atoms with van der Waals surface area (Å²) in [6.07, 6.45) is 0.827. The van der Waals surface area contributed by atoms with Gasteiger partial charge in [0, 0.05) is 16.0 Å². The average molecular weight is 291 g/mol. The highest BCUT2D eigenvalue weighted by atomic mass is 32.2. The predicted molar refractivity (Wildman–Crippen MR) is 80.8 cm³/mol. The second kappa shape index (κ2) is 6.13. The number of rotatable bonds is 5. The summed E-state index contributed by atoms with van der Waals surface area (Å²) in [5.41, 5.74) is 2.83. The number of benzene rings is 1. The number of carbonyl (C=O) groups is 1. The maximum Gasteiger partial charge on any atom is 0.313 e. The Hall–Kier alpha value is -1.75. The molecule has 1 N–H and O–H groups in total. The lowest BCUT2D eigenvalue weighted by Gasteiger charge is -2.14. The van der Waals surface area contributed by atoms with Crippen LogP contribution in [-0.4, -0.2) is 28.9 Å². The molecule has 20 heavy (non-hydrogen) atoms. The molecule has 0 bridgehead atoms. The standard InChI is InChI=1S/C15H17NO3S/c1-4-10-9(2)16-14-11(6-5-7-12(14)19-3)15(10)20-8-13(17)18/h5-7H,4,8H2,1-3H3,(H,17,18). The number of hydrogen-bond donors (Lipinski definition) is 1. The second-order valence-electron chi connectivity index (χ2n) is 4.40. The van der Waals surface area contributed by atoms with Crippen molar-refractivity contribution in [2.24, 2.45) is 0 Å². The fourth-order valence-electron chi connectivity index (χ4n) is 2.26. The van der Waals surface area contributed by atoms with Gasteiger partial charge in [0.05, 0.1) is 12.9 Å². The fraction of sp³-hybridized carbons (Fsp3) is 0.333. The zero-order valence-electron chi connectivity index (χ0n) is 11.8. The molecule has 1 aromatic carbocycles. The number of carboxylic acid groups (broad SMARTS) is 1. The van der Waals surface area contributed by atoms with Crippen LogP contribution in [0.15, 0.2) is 23.1 Å². The molecule has 0 aliphatic heterocycles. The number of methoxy groups -OCH3 is 1. The van der Waals surface area contributed by atoms with Crippen LogP contribution in [0, 0.1) is 6.92 Å². The number of nitrogens with zero attached hydrogens (tertiary/aromatic N) is 1. The van der Waals surface area contributed by atoms with E-state index in [1.807, 2.05) is 25.1 Å². The highest BCUT2D eigenvalue weighted by molar-refractivity contribution is 8.00. The third kappa shape index (κ3) is 2.72. The van der Waals surface area contributed by atoms with E-state index in [-0.39, 0.29) is 5.75 Å².